The lowest BCUT2D eigenvalue weighted by Gasteiger charge is -2.22. The van der Waals surface area contributed by atoms with E-state index in [0.717, 1.165) is 21.5 Å². The fraction of sp³-hybridized carbons (Fsp3) is 0. The molecule has 0 bridgehead atoms. The first kappa shape index (κ1) is 26.9. The van der Waals surface area contributed by atoms with Crippen molar-refractivity contribution in [3.8, 4) is 44.5 Å². The zero-order valence-electron chi connectivity index (χ0n) is 25.1. The predicted molar refractivity (Wildman–Crippen MR) is 196 cm³/mol. The highest BCUT2D eigenvalue weighted by molar-refractivity contribution is 7.85. The summed E-state index contributed by atoms with van der Waals surface area (Å²) in [5, 5.41) is 7.53. The SMILES string of the molecule is O=P(c1ccccc1)(c1ccccc1)c1ccc(-c2c3c(c(-c4ccccc4)c4ccccc24)-c2cccc4cccc-3c24)cc1. The topological polar surface area (TPSA) is 17.1 Å². The molecule has 2 heteroatoms. The Kier molecular flexibility index (Phi) is 6.17. The first-order valence-electron chi connectivity index (χ1n) is 15.7. The minimum atomic E-state index is -3.08. The first-order chi connectivity index (χ1) is 22.7. The molecule has 0 saturated carbocycles. The van der Waals surface area contributed by atoms with Crippen LogP contribution in [-0.2, 0) is 4.57 Å². The van der Waals surface area contributed by atoms with E-state index >= 15 is 4.57 Å². The maximum absolute atomic E-state index is 15.1. The highest BCUT2D eigenvalue weighted by atomic mass is 31.2. The molecule has 216 valence electrons. The Morgan fingerprint density at radius 2 is 0.739 bits per heavy atom. The normalized spacial score (nSPS) is 12.0. The van der Waals surface area contributed by atoms with Gasteiger partial charge >= 0.3 is 0 Å². The van der Waals surface area contributed by atoms with Gasteiger partial charge in [-0.1, -0.05) is 176 Å². The van der Waals surface area contributed by atoms with E-state index < -0.39 is 7.14 Å². The van der Waals surface area contributed by atoms with Crippen LogP contribution >= 0.6 is 7.14 Å². The second kappa shape index (κ2) is 10.6. The van der Waals surface area contributed by atoms with Crippen molar-refractivity contribution in [3.63, 3.8) is 0 Å². The van der Waals surface area contributed by atoms with Crippen molar-refractivity contribution in [2.75, 3.05) is 0 Å². The molecule has 0 atom stereocenters. The standard InChI is InChI=1S/C44H29OP/c45-46(33-18-6-2-7-19-33,34-20-8-3-9-21-34)35-28-26-32(27-29-35)42-37-23-11-10-22-36(37)41(31-14-4-1-5-15-31)43-38-24-12-16-30-17-13-25-39(40(30)38)44(42)43/h1-29H. The fourth-order valence-corrected chi connectivity index (χ4v) is 10.1. The predicted octanol–water partition coefficient (Wildman–Crippen LogP) is 10.6. The number of benzene rings is 8. The van der Waals surface area contributed by atoms with Gasteiger partial charge in [0.2, 0.25) is 0 Å². The molecule has 0 spiro atoms. The summed E-state index contributed by atoms with van der Waals surface area (Å²) in [6.45, 7) is 0. The summed E-state index contributed by atoms with van der Waals surface area (Å²) in [5.41, 5.74) is 9.93. The molecule has 0 N–H and O–H groups in total. The average Bonchev–Trinajstić information content (AvgIpc) is 3.46. The zero-order chi connectivity index (χ0) is 30.7. The second-order valence-electron chi connectivity index (χ2n) is 11.9. The number of fused-ring (bicyclic) bond motifs is 4. The molecule has 0 heterocycles. The maximum Gasteiger partial charge on any atom is 0.171 e. The summed E-state index contributed by atoms with van der Waals surface area (Å²) >= 11 is 0. The van der Waals surface area contributed by atoms with Crippen molar-refractivity contribution in [2.24, 2.45) is 0 Å². The third kappa shape index (κ3) is 3.92. The zero-order valence-corrected chi connectivity index (χ0v) is 26.0. The summed E-state index contributed by atoms with van der Waals surface area (Å²) in [6, 6.07) is 61.3. The molecule has 1 nitrogen and oxygen atoms in total. The van der Waals surface area contributed by atoms with Crippen LogP contribution in [0.25, 0.3) is 66.1 Å². The monoisotopic (exact) mass is 604 g/mol. The van der Waals surface area contributed by atoms with Crippen molar-refractivity contribution in [3.05, 3.63) is 176 Å². The van der Waals surface area contributed by atoms with Crippen LogP contribution in [0.4, 0.5) is 0 Å². The third-order valence-corrected chi connectivity index (χ3v) is 12.6. The minimum Gasteiger partial charge on any atom is -0.309 e. The molecular formula is C44H29OP. The molecule has 0 amide bonds. The van der Waals surface area contributed by atoms with Crippen LogP contribution in [0.1, 0.15) is 0 Å². The smallest absolute Gasteiger partial charge is 0.171 e. The molecule has 0 fully saturated rings. The lowest BCUT2D eigenvalue weighted by molar-refractivity contribution is 0.592. The molecule has 1 aliphatic carbocycles. The van der Waals surface area contributed by atoms with Crippen molar-refractivity contribution < 1.29 is 4.57 Å². The van der Waals surface area contributed by atoms with Crippen LogP contribution in [0.2, 0.25) is 0 Å². The van der Waals surface area contributed by atoms with Crippen LogP contribution in [0, 0.1) is 0 Å². The van der Waals surface area contributed by atoms with Gasteiger partial charge < -0.3 is 4.57 Å². The van der Waals surface area contributed by atoms with Gasteiger partial charge in [-0.15, -0.1) is 0 Å². The average molecular weight is 605 g/mol. The van der Waals surface area contributed by atoms with Gasteiger partial charge in [0, 0.05) is 15.9 Å². The van der Waals surface area contributed by atoms with Crippen LogP contribution in [-0.4, -0.2) is 0 Å². The molecule has 0 aliphatic heterocycles. The Labute approximate surface area is 268 Å². The summed E-state index contributed by atoms with van der Waals surface area (Å²) in [4.78, 5) is 0. The van der Waals surface area contributed by atoms with E-state index in [9.17, 15) is 0 Å². The van der Waals surface area contributed by atoms with Crippen molar-refractivity contribution in [1.82, 2.24) is 0 Å². The van der Waals surface area contributed by atoms with Gasteiger partial charge in [0.25, 0.3) is 0 Å². The van der Waals surface area contributed by atoms with Crippen molar-refractivity contribution >= 4 is 44.6 Å². The molecule has 8 aromatic rings. The van der Waals surface area contributed by atoms with Gasteiger partial charge in [0.1, 0.15) is 0 Å². The summed E-state index contributed by atoms with van der Waals surface area (Å²) in [5.74, 6) is 0. The highest BCUT2D eigenvalue weighted by Gasteiger charge is 2.32. The summed E-state index contributed by atoms with van der Waals surface area (Å²) in [7, 11) is -3.08. The Morgan fingerprint density at radius 3 is 1.24 bits per heavy atom. The van der Waals surface area contributed by atoms with Crippen LogP contribution in [0.15, 0.2) is 176 Å². The molecule has 0 radical (unpaired) electrons. The lowest BCUT2D eigenvalue weighted by atomic mass is 9.82. The third-order valence-electron chi connectivity index (χ3n) is 9.48. The molecule has 0 saturated heterocycles. The van der Waals surface area contributed by atoms with E-state index in [1.165, 1.54) is 60.5 Å². The lowest BCUT2D eigenvalue weighted by Crippen LogP contribution is -2.24. The van der Waals surface area contributed by atoms with Gasteiger partial charge in [0.05, 0.1) is 0 Å². The van der Waals surface area contributed by atoms with E-state index in [-0.39, 0.29) is 0 Å². The quantitative estimate of drug-likeness (QED) is 0.179. The van der Waals surface area contributed by atoms with Crippen molar-refractivity contribution in [2.45, 2.75) is 0 Å². The van der Waals surface area contributed by atoms with Gasteiger partial charge in [-0.3, -0.25) is 0 Å². The van der Waals surface area contributed by atoms with Gasteiger partial charge in [-0.2, -0.15) is 0 Å². The van der Waals surface area contributed by atoms with Crippen LogP contribution < -0.4 is 15.9 Å². The highest BCUT2D eigenvalue weighted by Crippen LogP contribution is 2.57. The first-order valence-corrected chi connectivity index (χ1v) is 17.4. The van der Waals surface area contributed by atoms with E-state index in [0.29, 0.717) is 0 Å². The van der Waals surface area contributed by atoms with E-state index in [2.05, 4.69) is 115 Å². The molecule has 0 unspecified atom stereocenters. The summed E-state index contributed by atoms with van der Waals surface area (Å²) < 4.78 is 15.1. The van der Waals surface area contributed by atoms with E-state index in [1.807, 2.05) is 60.7 Å². The molecule has 0 aromatic heterocycles. The Balaban J connectivity index is 1.34. The number of rotatable bonds is 5. The summed E-state index contributed by atoms with van der Waals surface area (Å²) in [6.07, 6.45) is 0. The molecular weight excluding hydrogens is 575 g/mol. The minimum absolute atomic E-state index is 0.834. The second-order valence-corrected chi connectivity index (χ2v) is 14.7. The molecule has 8 aromatic carbocycles. The van der Waals surface area contributed by atoms with E-state index in [4.69, 9.17) is 0 Å². The molecule has 9 rings (SSSR count). The van der Waals surface area contributed by atoms with E-state index in [1.54, 1.807) is 0 Å². The van der Waals surface area contributed by atoms with Gasteiger partial charge in [0.15, 0.2) is 7.14 Å². The molecule has 46 heavy (non-hydrogen) atoms. The Bertz CT molecular complexity index is 2420. The van der Waals surface area contributed by atoms with Gasteiger partial charge in [-0.25, -0.2) is 0 Å². The Morgan fingerprint density at radius 1 is 0.326 bits per heavy atom. The maximum atomic E-state index is 15.1. The number of hydrogen-bond acceptors (Lipinski definition) is 1. The number of hydrogen-bond donors (Lipinski definition) is 0. The Hall–Kier alpha value is -5.49. The molecule has 1 aliphatic rings. The fourth-order valence-electron chi connectivity index (χ4n) is 7.50. The van der Waals surface area contributed by atoms with Crippen LogP contribution in [0.5, 0.6) is 0 Å². The van der Waals surface area contributed by atoms with Crippen LogP contribution in [0.3, 0.4) is 0 Å². The largest absolute Gasteiger partial charge is 0.309 e. The van der Waals surface area contributed by atoms with Crippen molar-refractivity contribution in [1.29, 1.82) is 0 Å². The van der Waals surface area contributed by atoms with Gasteiger partial charge in [-0.05, 0) is 66.1 Å².